The van der Waals surface area contributed by atoms with Gasteiger partial charge in [-0.2, -0.15) is 0 Å². The van der Waals surface area contributed by atoms with E-state index >= 15 is 0 Å². The number of ether oxygens (including phenoxy) is 1. The number of carboxylic acid groups (broad SMARTS) is 1. The second kappa shape index (κ2) is 4.74. The molecule has 1 spiro atoms. The summed E-state index contributed by atoms with van der Waals surface area (Å²) in [5.41, 5.74) is 0.301. The lowest BCUT2D eigenvalue weighted by atomic mass is 9.63. The molecule has 5 heteroatoms. The van der Waals surface area contributed by atoms with Gasteiger partial charge in [0.05, 0.1) is 5.92 Å². The first-order valence-electron chi connectivity index (χ1n) is 8.48. The minimum atomic E-state index is -0.975. The summed E-state index contributed by atoms with van der Waals surface area (Å²) in [6, 6.07) is 0. The van der Waals surface area contributed by atoms with Crippen molar-refractivity contribution < 1.29 is 24.5 Å². The van der Waals surface area contributed by atoms with E-state index in [4.69, 9.17) is 4.74 Å². The van der Waals surface area contributed by atoms with Gasteiger partial charge >= 0.3 is 5.97 Å². The van der Waals surface area contributed by atoms with E-state index < -0.39 is 28.8 Å². The highest BCUT2D eigenvalue weighted by atomic mass is 16.5. The fraction of sp³-hybridized carbons (Fsp3) is 0.579. The number of aliphatic hydroxyl groups excluding tert-OH is 1. The number of carbonyl (C=O) groups excluding carboxylic acids is 1. The van der Waals surface area contributed by atoms with Crippen molar-refractivity contribution in [3.63, 3.8) is 0 Å². The second-order valence-electron chi connectivity index (χ2n) is 7.86. The number of rotatable bonds is 3. The number of aliphatic hydroxyl groups is 1. The molecule has 0 radical (unpaired) electrons. The maximum atomic E-state index is 12.3. The molecule has 128 valence electrons. The Morgan fingerprint density at radius 2 is 2.21 bits per heavy atom. The second-order valence-corrected chi connectivity index (χ2v) is 7.86. The first-order valence-corrected chi connectivity index (χ1v) is 8.48. The molecular weight excluding hydrogens is 308 g/mol. The molecule has 2 N–H and O–H groups in total. The van der Waals surface area contributed by atoms with Crippen LogP contribution < -0.4 is 0 Å². The highest BCUT2D eigenvalue weighted by Gasteiger charge is 2.74. The summed E-state index contributed by atoms with van der Waals surface area (Å²) in [6.07, 6.45) is 6.51. The molecule has 0 amide bonds. The molecule has 3 fully saturated rings. The van der Waals surface area contributed by atoms with Crippen LogP contribution in [0.1, 0.15) is 32.6 Å². The normalized spacial score (nSPS) is 45.8. The topological polar surface area (TPSA) is 83.8 Å². The Balaban J connectivity index is 1.96. The molecule has 2 bridgehead atoms. The van der Waals surface area contributed by atoms with E-state index in [9.17, 15) is 19.8 Å². The van der Waals surface area contributed by atoms with Crippen LogP contribution in [0.5, 0.6) is 0 Å². The van der Waals surface area contributed by atoms with Gasteiger partial charge in [-0.05, 0) is 61.7 Å². The van der Waals surface area contributed by atoms with Crippen LogP contribution in [0.15, 0.2) is 35.6 Å². The summed E-state index contributed by atoms with van der Waals surface area (Å²) in [5, 5.41) is 20.3. The summed E-state index contributed by atoms with van der Waals surface area (Å²) in [5.74, 6) is -1.70. The number of hydrogen-bond acceptors (Lipinski definition) is 4. The third-order valence-corrected chi connectivity index (χ3v) is 7.13. The van der Waals surface area contributed by atoms with E-state index in [0.717, 1.165) is 24.8 Å². The van der Waals surface area contributed by atoms with Crippen molar-refractivity contribution in [2.75, 3.05) is 0 Å². The SMILES string of the molecule is C=C1CC23CC1CCC2C1(OC=O)C=CC(O)=C(C)C1C3C(=O)O. The first-order chi connectivity index (χ1) is 11.4. The van der Waals surface area contributed by atoms with Crippen molar-refractivity contribution in [2.24, 2.45) is 29.1 Å². The van der Waals surface area contributed by atoms with Crippen LogP contribution in [-0.2, 0) is 14.3 Å². The molecule has 3 saturated carbocycles. The third-order valence-electron chi connectivity index (χ3n) is 7.13. The molecule has 4 aliphatic rings. The average molecular weight is 330 g/mol. The van der Waals surface area contributed by atoms with Crippen molar-refractivity contribution in [3.05, 3.63) is 35.6 Å². The number of allylic oxidation sites excluding steroid dienone is 2. The maximum absolute atomic E-state index is 12.3. The molecule has 0 saturated heterocycles. The van der Waals surface area contributed by atoms with Gasteiger partial charge in [0.25, 0.3) is 6.47 Å². The smallest absolute Gasteiger partial charge is 0.307 e. The summed E-state index contributed by atoms with van der Waals surface area (Å²) in [7, 11) is 0. The number of aliphatic carboxylic acids is 1. The molecule has 24 heavy (non-hydrogen) atoms. The molecule has 0 aromatic rings. The summed E-state index contributed by atoms with van der Waals surface area (Å²) in [6.45, 7) is 6.36. The van der Waals surface area contributed by atoms with Crippen LogP contribution in [-0.4, -0.2) is 28.3 Å². The van der Waals surface area contributed by atoms with Crippen LogP contribution >= 0.6 is 0 Å². The fourth-order valence-corrected chi connectivity index (χ4v) is 6.38. The van der Waals surface area contributed by atoms with Crippen molar-refractivity contribution >= 4 is 12.4 Å². The monoisotopic (exact) mass is 330 g/mol. The molecule has 4 aliphatic carbocycles. The Morgan fingerprint density at radius 1 is 1.46 bits per heavy atom. The van der Waals surface area contributed by atoms with Gasteiger partial charge in [-0.15, -0.1) is 0 Å². The Morgan fingerprint density at radius 3 is 2.88 bits per heavy atom. The molecule has 0 aromatic carbocycles. The predicted octanol–water partition coefficient (Wildman–Crippen LogP) is 2.99. The summed E-state index contributed by atoms with van der Waals surface area (Å²) < 4.78 is 5.64. The Labute approximate surface area is 140 Å². The van der Waals surface area contributed by atoms with Gasteiger partial charge in [-0.25, -0.2) is 0 Å². The van der Waals surface area contributed by atoms with Gasteiger partial charge in [-0.1, -0.05) is 12.2 Å². The highest BCUT2D eigenvalue weighted by molar-refractivity contribution is 5.75. The minimum absolute atomic E-state index is 0.0592. The minimum Gasteiger partial charge on any atom is -0.508 e. The van der Waals surface area contributed by atoms with Crippen molar-refractivity contribution in [1.82, 2.24) is 0 Å². The van der Waals surface area contributed by atoms with Gasteiger partial charge in [0.2, 0.25) is 0 Å². The van der Waals surface area contributed by atoms with Crippen molar-refractivity contribution in [3.8, 4) is 0 Å². The largest absolute Gasteiger partial charge is 0.508 e. The van der Waals surface area contributed by atoms with E-state index in [1.54, 1.807) is 19.1 Å². The predicted molar refractivity (Wildman–Crippen MR) is 86.0 cm³/mol. The lowest BCUT2D eigenvalue weighted by molar-refractivity contribution is -0.150. The van der Waals surface area contributed by atoms with Crippen LogP contribution in [0.2, 0.25) is 0 Å². The molecule has 0 aromatic heterocycles. The summed E-state index contributed by atoms with van der Waals surface area (Å²) in [4.78, 5) is 23.6. The molecule has 6 atom stereocenters. The summed E-state index contributed by atoms with van der Waals surface area (Å²) >= 11 is 0. The lowest BCUT2D eigenvalue weighted by Crippen LogP contribution is -2.46. The standard InChI is InChI=1S/C19H22O5/c1-10-7-18-8-12(10)3-4-14(18)19(24-9-20)6-5-13(21)11(2)15(19)16(18)17(22)23/h5-6,9,12,14-16,21H,1,3-4,7-8H2,2H3,(H,22,23). The zero-order valence-corrected chi connectivity index (χ0v) is 13.7. The molecular formula is C19H22O5. The van der Waals surface area contributed by atoms with E-state index in [2.05, 4.69) is 6.58 Å². The highest BCUT2D eigenvalue weighted by Crippen LogP contribution is 2.72. The van der Waals surface area contributed by atoms with Crippen LogP contribution in [0.4, 0.5) is 0 Å². The number of carbonyl (C=O) groups is 2. The van der Waals surface area contributed by atoms with E-state index in [1.165, 1.54) is 0 Å². The molecule has 4 rings (SSSR count). The quantitative estimate of drug-likeness (QED) is 0.614. The Kier molecular flexibility index (Phi) is 3.06. The van der Waals surface area contributed by atoms with Crippen LogP contribution in [0.3, 0.4) is 0 Å². The molecule has 6 unspecified atom stereocenters. The van der Waals surface area contributed by atoms with Crippen LogP contribution in [0.25, 0.3) is 0 Å². The lowest BCUT2D eigenvalue weighted by Gasteiger charge is -2.43. The fourth-order valence-electron chi connectivity index (χ4n) is 6.38. The van der Waals surface area contributed by atoms with E-state index in [1.807, 2.05) is 0 Å². The first kappa shape index (κ1) is 15.5. The average Bonchev–Trinajstić information content (AvgIpc) is 2.92. The number of carboxylic acids is 1. The zero-order chi connectivity index (χ0) is 17.3. The Bertz CT molecular complexity index is 705. The van der Waals surface area contributed by atoms with Gasteiger partial charge in [0, 0.05) is 11.8 Å². The van der Waals surface area contributed by atoms with Gasteiger partial charge in [0.15, 0.2) is 0 Å². The molecule has 0 aliphatic heterocycles. The van der Waals surface area contributed by atoms with Gasteiger partial charge in [-0.3, -0.25) is 9.59 Å². The van der Waals surface area contributed by atoms with E-state index in [0.29, 0.717) is 24.4 Å². The van der Waals surface area contributed by atoms with E-state index in [-0.39, 0.29) is 11.7 Å². The molecule has 0 heterocycles. The van der Waals surface area contributed by atoms with Crippen LogP contribution in [0, 0.1) is 29.1 Å². The van der Waals surface area contributed by atoms with Gasteiger partial charge < -0.3 is 14.9 Å². The van der Waals surface area contributed by atoms with Gasteiger partial charge in [0.1, 0.15) is 11.4 Å². The zero-order valence-electron chi connectivity index (χ0n) is 13.7. The maximum Gasteiger partial charge on any atom is 0.307 e. The van der Waals surface area contributed by atoms with Crippen molar-refractivity contribution in [1.29, 1.82) is 0 Å². The van der Waals surface area contributed by atoms with Crippen molar-refractivity contribution in [2.45, 2.75) is 38.2 Å². The number of hydrogen-bond donors (Lipinski definition) is 2. The molecule has 5 nitrogen and oxygen atoms in total. The third kappa shape index (κ3) is 1.60. The number of fused-ring (bicyclic) bond motifs is 3. The Hall–Kier alpha value is -2.04.